The number of fused-ring (bicyclic) bond motifs is 1. The van der Waals surface area contributed by atoms with Crippen molar-refractivity contribution in [3.05, 3.63) is 18.2 Å². The molecule has 2 aromatic heterocycles. The van der Waals surface area contributed by atoms with Crippen molar-refractivity contribution in [2.75, 3.05) is 5.73 Å². The summed E-state index contributed by atoms with van der Waals surface area (Å²) in [6.45, 7) is 0. The van der Waals surface area contributed by atoms with E-state index in [2.05, 4.69) is 25.5 Å². The normalized spacial score (nSPS) is 15.2. The first-order chi connectivity index (χ1) is 9.29. The number of H-pyrrole nitrogens is 1. The monoisotopic (exact) mass is 273 g/mol. The number of nitrogens with two attached hydrogens (primary N) is 1. The molecule has 0 unspecified atom stereocenters. The minimum atomic E-state index is 0.456. The predicted octanol–water partition coefficient (Wildman–Crippen LogP) is 1.62. The van der Waals surface area contributed by atoms with Crippen molar-refractivity contribution in [1.82, 2.24) is 30.2 Å². The summed E-state index contributed by atoms with van der Waals surface area (Å²) in [5.74, 6) is 0. The molecule has 3 N–H and O–H groups in total. The van der Waals surface area contributed by atoms with Crippen molar-refractivity contribution in [3.8, 4) is 0 Å². The number of nitrogens with one attached hydrogen (secondary N) is 1. The SMILES string of the molecule is Nc1ccc2nc(Sc3nnnn3C3CC3)[nH]c2c1. The summed E-state index contributed by atoms with van der Waals surface area (Å²) in [6, 6.07) is 6.06. The molecule has 0 atom stereocenters. The van der Waals surface area contributed by atoms with Gasteiger partial charge in [0.05, 0.1) is 17.1 Å². The molecule has 0 bridgehead atoms. The molecule has 0 saturated heterocycles. The molecule has 0 aliphatic heterocycles. The fraction of sp³-hybridized carbons (Fsp3) is 0.273. The van der Waals surface area contributed by atoms with Crippen LogP contribution in [0.25, 0.3) is 11.0 Å². The molecule has 0 spiro atoms. The van der Waals surface area contributed by atoms with Gasteiger partial charge in [0.2, 0.25) is 5.16 Å². The lowest BCUT2D eigenvalue weighted by Crippen LogP contribution is -1.98. The highest BCUT2D eigenvalue weighted by molar-refractivity contribution is 7.99. The van der Waals surface area contributed by atoms with Crippen LogP contribution in [0, 0.1) is 0 Å². The van der Waals surface area contributed by atoms with Gasteiger partial charge in [0, 0.05) is 5.69 Å². The summed E-state index contributed by atoms with van der Waals surface area (Å²) in [6.07, 6.45) is 2.30. The molecule has 96 valence electrons. The number of benzene rings is 1. The zero-order valence-electron chi connectivity index (χ0n) is 9.95. The topological polar surface area (TPSA) is 98.3 Å². The third-order valence-corrected chi connectivity index (χ3v) is 3.87. The Bertz CT molecular complexity index is 742. The van der Waals surface area contributed by atoms with Gasteiger partial charge in [-0.2, -0.15) is 0 Å². The van der Waals surface area contributed by atoms with Crippen LogP contribution in [0.1, 0.15) is 18.9 Å². The van der Waals surface area contributed by atoms with Gasteiger partial charge in [0.1, 0.15) is 0 Å². The molecule has 1 fully saturated rings. The fourth-order valence-corrected chi connectivity index (χ4v) is 2.77. The Morgan fingerprint density at radius 2 is 2.26 bits per heavy atom. The second kappa shape index (κ2) is 3.95. The summed E-state index contributed by atoms with van der Waals surface area (Å²) < 4.78 is 1.87. The molecule has 1 aliphatic carbocycles. The Kier molecular flexibility index (Phi) is 2.25. The molecule has 0 amide bonds. The molecular weight excluding hydrogens is 262 g/mol. The van der Waals surface area contributed by atoms with Gasteiger partial charge in [-0.25, -0.2) is 9.67 Å². The van der Waals surface area contributed by atoms with E-state index in [0.717, 1.165) is 39.9 Å². The highest BCUT2D eigenvalue weighted by Crippen LogP contribution is 2.37. The molecule has 1 aliphatic rings. The van der Waals surface area contributed by atoms with E-state index >= 15 is 0 Å². The molecule has 3 aromatic rings. The Morgan fingerprint density at radius 3 is 3.11 bits per heavy atom. The van der Waals surface area contributed by atoms with Gasteiger partial charge in [-0.1, -0.05) is 0 Å². The van der Waals surface area contributed by atoms with Crippen LogP contribution in [0.4, 0.5) is 5.69 Å². The maximum Gasteiger partial charge on any atom is 0.217 e. The number of tetrazole rings is 1. The van der Waals surface area contributed by atoms with Gasteiger partial charge in [-0.05, 0) is 53.2 Å². The van der Waals surface area contributed by atoms with E-state index in [-0.39, 0.29) is 0 Å². The fourth-order valence-electron chi connectivity index (χ4n) is 1.94. The van der Waals surface area contributed by atoms with Crippen molar-refractivity contribution in [1.29, 1.82) is 0 Å². The Morgan fingerprint density at radius 1 is 1.37 bits per heavy atom. The molecule has 8 heteroatoms. The summed E-state index contributed by atoms with van der Waals surface area (Å²) in [5.41, 5.74) is 8.28. The van der Waals surface area contributed by atoms with Crippen LogP contribution in [0.5, 0.6) is 0 Å². The number of hydrogen-bond donors (Lipinski definition) is 2. The second-order valence-corrected chi connectivity index (χ2v) is 5.51. The number of aromatic nitrogens is 6. The number of aromatic amines is 1. The molecule has 2 heterocycles. The average Bonchev–Trinajstić information content (AvgIpc) is 3.00. The molecule has 4 rings (SSSR count). The van der Waals surface area contributed by atoms with E-state index < -0.39 is 0 Å². The summed E-state index contributed by atoms with van der Waals surface area (Å²) in [5, 5.41) is 13.3. The van der Waals surface area contributed by atoms with Crippen molar-refractivity contribution < 1.29 is 0 Å². The second-order valence-electron chi connectivity index (χ2n) is 4.56. The predicted molar refractivity (Wildman–Crippen MR) is 70.7 cm³/mol. The smallest absolute Gasteiger partial charge is 0.217 e. The quantitative estimate of drug-likeness (QED) is 0.704. The summed E-state index contributed by atoms with van der Waals surface area (Å²) in [4.78, 5) is 7.72. The maximum absolute atomic E-state index is 5.75. The first-order valence-corrected chi connectivity index (χ1v) is 6.82. The number of rotatable bonds is 3. The zero-order valence-corrected chi connectivity index (χ0v) is 10.8. The summed E-state index contributed by atoms with van der Waals surface area (Å²) in [7, 11) is 0. The van der Waals surface area contributed by atoms with E-state index in [1.165, 1.54) is 11.8 Å². The number of hydrogen-bond acceptors (Lipinski definition) is 6. The lowest BCUT2D eigenvalue weighted by Gasteiger charge is -1.98. The van der Waals surface area contributed by atoms with E-state index in [9.17, 15) is 0 Å². The van der Waals surface area contributed by atoms with Gasteiger partial charge < -0.3 is 10.7 Å². The molecule has 7 nitrogen and oxygen atoms in total. The van der Waals surface area contributed by atoms with Crippen LogP contribution < -0.4 is 5.73 Å². The zero-order chi connectivity index (χ0) is 12.8. The van der Waals surface area contributed by atoms with Gasteiger partial charge in [0.15, 0.2) is 5.16 Å². The van der Waals surface area contributed by atoms with Crippen molar-refractivity contribution in [2.24, 2.45) is 0 Å². The highest BCUT2D eigenvalue weighted by atomic mass is 32.2. The first kappa shape index (κ1) is 10.8. The van der Waals surface area contributed by atoms with E-state index in [1.807, 2.05) is 22.9 Å². The maximum atomic E-state index is 5.75. The van der Waals surface area contributed by atoms with Crippen molar-refractivity contribution in [2.45, 2.75) is 29.2 Å². The van der Waals surface area contributed by atoms with Crippen LogP contribution in [-0.4, -0.2) is 30.2 Å². The standard InChI is InChI=1S/C11H11N7S/c12-6-1-4-8-9(5-6)14-10(13-8)19-11-15-16-17-18(11)7-2-3-7/h1,4-5,7H,2-3,12H2,(H,13,14). The van der Waals surface area contributed by atoms with Crippen molar-refractivity contribution >= 4 is 28.5 Å². The number of nitrogens with zero attached hydrogens (tertiary/aromatic N) is 5. The van der Waals surface area contributed by atoms with E-state index in [0.29, 0.717) is 6.04 Å². The van der Waals surface area contributed by atoms with Gasteiger partial charge >= 0.3 is 0 Å². The van der Waals surface area contributed by atoms with Crippen LogP contribution in [0.3, 0.4) is 0 Å². The summed E-state index contributed by atoms with van der Waals surface area (Å²) >= 11 is 1.44. The van der Waals surface area contributed by atoms with E-state index in [1.54, 1.807) is 0 Å². The average molecular weight is 273 g/mol. The van der Waals surface area contributed by atoms with E-state index in [4.69, 9.17) is 5.73 Å². The molecule has 19 heavy (non-hydrogen) atoms. The third kappa shape index (κ3) is 1.93. The van der Waals surface area contributed by atoms with Crippen LogP contribution in [-0.2, 0) is 0 Å². The molecule has 0 radical (unpaired) electrons. The largest absolute Gasteiger partial charge is 0.399 e. The lowest BCUT2D eigenvalue weighted by atomic mass is 10.3. The van der Waals surface area contributed by atoms with Crippen LogP contribution >= 0.6 is 11.8 Å². The van der Waals surface area contributed by atoms with Crippen molar-refractivity contribution in [3.63, 3.8) is 0 Å². The molecule has 1 saturated carbocycles. The minimum absolute atomic E-state index is 0.456. The number of anilines is 1. The molecular formula is C11H11N7S. The Balaban J connectivity index is 1.68. The van der Waals surface area contributed by atoms with Crippen LogP contribution in [0.15, 0.2) is 28.5 Å². The minimum Gasteiger partial charge on any atom is -0.399 e. The van der Waals surface area contributed by atoms with Crippen LogP contribution in [0.2, 0.25) is 0 Å². The highest BCUT2D eigenvalue weighted by Gasteiger charge is 2.28. The Labute approximate surface area is 112 Å². The lowest BCUT2D eigenvalue weighted by molar-refractivity contribution is 0.565. The van der Waals surface area contributed by atoms with Gasteiger partial charge in [-0.3, -0.25) is 0 Å². The van der Waals surface area contributed by atoms with Gasteiger partial charge in [0.25, 0.3) is 0 Å². The Hall–Kier alpha value is -2.09. The first-order valence-electron chi connectivity index (χ1n) is 6.00. The molecule has 1 aromatic carbocycles. The third-order valence-electron chi connectivity index (χ3n) is 3.03. The number of imidazole rings is 1. The number of nitrogen functional groups attached to an aromatic ring is 1. The van der Waals surface area contributed by atoms with Gasteiger partial charge in [-0.15, -0.1) is 5.10 Å².